The molecule has 6 aliphatic heterocycles. The number of hydrogen-bond donors (Lipinski definition) is 19. The molecule has 10 rings (SSSR count). The topological polar surface area (TPSA) is 512 Å². The van der Waals surface area contributed by atoms with Crippen molar-refractivity contribution < 1.29 is 159 Å². The fraction of sp³-hybridized carbons (Fsp3) is 0.946. The molecule has 6 saturated heterocycles. The molecule has 6 heterocycles. The highest BCUT2D eigenvalue weighted by atomic mass is 16.8. The van der Waals surface area contributed by atoms with Gasteiger partial charge in [-0.1, -0.05) is 19.9 Å². The highest BCUT2D eigenvalue weighted by Crippen LogP contribution is 2.74. The molecule has 2 bridgehead atoms. The largest absolute Gasteiger partial charge is 0.432 e. The third-order valence-corrected chi connectivity index (χ3v) is 21.3. The van der Waals surface area contributed by atoms with Crippen LogP contribution < -0.4 is 0 Å². The summed E-state index contributed by atoms with van der Waals surface area (Å²) < 4.78 is 73.2. The third kappa shape index (κ3) is 12.0. The molecule has 19 N–H and O–H groups in total. The van der Waals surface area contributed by atoms with Crippen LogP contribution in [0.3, 0.4) is 0 Å². The molecule has 0 amide bonds. The van der Waals surface area contributed by atoms with Crippen LogP contribution in [0.4, 0.5) is 0 Å². The van der Waals surface area contributed by atoms with Gasteiger partial charge in [0.25, 0.3) is 0 Å². The van der Waals surface area contributed by atoms with Gasteiger partial charge in [-0.25, -0.2) is 0 Å². The van der Waals surface area contributed by atoms with Crippen LogP contribution in [0, 0.1) is 28.1 Å². The fourth-order valence-corrected chi connectivity index (χ4v) is 16.4. The van der Waals surface area contributed by atoms with Crippen LogP contribution >= 0.6 is 0 Å². The summed E-state index contributed by atoms with van der Waals surface area (Å²) in [6.45, 7) is 5.42. The number of rotatable bonds is 17. The molecule has 1 spiro atoms. The van der Waals surface area contributed by atoms with Crippen LogP contribution in [0.15, 0.2) is 12.2 Å². The molecule has 0 radical (unpaired) electrons. The van der Waals surface area contributed by atoms with Gasteiger partial charge in [-0.3, -0.25) is 4.79 Å². The third-order valence-electron chi connectivity index (χ3n) is 21.3. The van der Waals surface area contributed by atoms with Gasteiger partial charge in [0.1, 0.15) is 134 Å². The van der Waals surface area contributed by atoms with E-state index in [2.05, 4.69) is 13.5 Å². The predicted octanol–water partition coefficient (Wildman–Crippen LogP) is -8.44. The normalized spacial score (nSPS) is 55.0. The lowest BCUT2D eigenvalue weighted by molar-refractivity contribution is -0.398. The summed E-state index contributed by atoms with van der Waals surface area (Å²) in [4.78, 5) is 15.4. The lowest BCUT2D eigenvalue weighted by atomic mass is 9.41. The summed E-state index contributed by atoms with van der Waals surface area (Å²) >= 11 is 0. The molecule has 88 heavy (non-hydrogen) atoms. The van der Waals surface area contributed by atoms with Gasteiger partial charge in [0.15, 0.2) is 37.6 Å². The van der Waals surface area contributed by atoms with E-state index in [9.17, 15) is 97.0 Å². The van der Waals surface area contributed by atoms with E-state index in [4.69, 9.17) is 56.8 Å². The van der Waals surface area contributed by atoms with Gasteiger partial charge >= 0.3 is 5.97 Å². The first-order valence-corrected chi connectivity index (χ1v) is 30.3. The van der Waals surface area contributed by atoms with Crippen molar-refractivity contribution in [1.29, 1.82) is 0 Å². The van der Waals surface area contributed by atoms with Gasteiger partial charge in [-0.2, -0.15) is 0 Å². The van der Waals surface area contributed by atoms with E-state index in [0.29, 0.717) is 50.5 Å². The number of carbonyl (C=O) groups excluding carboxylic acids is 1. The van der Waals surface area contributed by atoms with Crippen LogP contribution in [0.25, 0.3) is 0 Å². The zero-order valence-electron chi connectivity index (χ0n) is 48.9. The summed E-state index contributed by atoms with van der Waals surface area (Å²) in [5.41, 5.74) is -3.10. The summed E-state index contributed by atoms with van der Waals surface area (Å²) in [6, 6.07) is 0. The first-order chi connectivity index (χ1) is 41.6. The molecule has 506 valence electrons. The zero-order chi connectivity index (χ0) is 64.0. The van der Waals surface area contributed by atoms with Gasteiger partial charge in [0.05, 0.1) is 50.2 Å². The maximum absolute atomic E-state index is 15.4. The molecule has 0 aromatic carbocycles. The van der Waals surface area contributed by atoms with E-state index < -0.39 is 251 Å². The molecule has 31 unspecified atom stereocenters. The minimum atomic E-state index is -2.07. The Labute approximate surface area is 505 Å². The maximum atomic E-state index is 15.4. The van der Waals surface area contributed by atoms with Crippen molar-refractivity contribution in [1.82, 2.24) is 0 Å². The Bertz CT molecular complexity index is 2380. The van der Waals surface area contributed by atoms with E-state index in [1.807, 2.05) is 0 Å². The highest BCUT2D eigenvalue weighted by Gasteiger charge is 2.70. The van der Waals surface area contributed by atoms with Gasteiger partial charge in [-0.05, 0) is 93.5 Å². The van der Waals surface area contributed by atoms with Gasteiger partial charge in [0.2, 0.25) is 6.29 Å². The maximum Gasteiger partial charge on any atom is 0.314 e. The molecule has 10 fully saturated rings. The lowest BCUT2D eigenvalue weighted by Gasteiger charge is -2.64. The lowest BCUT2D eigenvalue weighted by Crippen LogP contribution is -2.68. The fourth-order valence-electron chi connectivity index (χ4n) is 16.4. The van der Waals surface area contributed by atoms with Gasteiger partial charge in [-0.15, -0.1) is 0 Å². The van der Waals surface area contributed by atoms with Crippen LogP contribution in [-0.4, -0.2) is 326 Å². The number of carbonyl (C=O) groups is 1. The van der Waals surface area contributed by atoms with Crippen molar-refractivity contribution in [3.05, 3.63) is 12.2 Å². The van der Waals surface area contributed by atoms with E-state index in [1.165, 1.54) is 6.92 Å². The SMILES string of the molecule is C=C1C[C@@]23CC[C@H]4[C@@](C)(CCC[C@@]4(C)C(=O)OC4OC(CO)C(O)C(OC5OC(CO)C(O)C(O)C5O)C4OC4OC(CO)C(O)C(O)C4O)[C@@H]2CCC1(OC1OC(CO)C(O)C(OC2OC(CO)C(O)C(O)C2O)C1OC1OC(C)C(O)C(O)C1O)C3. The number of aliphatic hydroxyl groups excluding tert-OH is 19. The second-order valence-corrected chi connectivity index (χ2v) is 26.4. The predicted molar refractivity (Wildman–Crippen MR) is 283 cm³/mol. The van der Waals surface area contributed by atoms with Gasteiger partial charge < -0.3 is 154 Å². The molecular weight excluding hydrogens is 1180 g/mol. The van der Waals surface area contributed by atoms with Gasteiger partial charge in [0, 0.05) is 0 Å². The van der Waals surface area contributed by atoms with Crippen LogP contribution in [0.2, 0.25) is 0 Å². The average Bonchev–Trinajstić information content (AvgIpc) is 0.966. The second kappa shape index (κ2) is 26.7. The Kier molecular flexibility index (Phi) is 20.9. The number of esters is 1. The summed E-state index contributed by atoms with van der Waals surface area (Å²) in [5, 5.41) is 205. The molecule has 0 aromatic rings. The Morgan fingerprint density at radius 3 is 1.31 bits per heavy atom. The van der Waals surface area contributed by atoms with Crippen LogP contribution in [0.5, 0.6) is 0 Å². The number of hydrogen-bond acceptors (Lipinski definition) is 32. The Morgan fingerprint density at radius 2 is 0.841 bits per heavy atom. The van der Waals surface area contributed by atoms with E-state index in [-0.39, 0.29) is 18.8 Å². The summed E-state index contributed by atoms with van der Waals surface area (Å²) in [7, 11) is 0. The molecule has 32 heteroatoms. The first kappa shape index (κ1) is 68.9. The minimum Gasteiger partial charge on any atom is -0.432 e. The Hall–Kier alpha value is -1.99. The van der Waals surface area contributed by atoms with Crippen molar-refractivity contribution in [2.45, 2.75) is 268 Å². The second-order valence-electron chi connectivity index (χ2n) is 26.4. The molecule has 4 saturated carbocycles. The molecular formula is C56H90O32. The monoisotopic (exact) mass is 1270 g/mol. The number of ether oxygens (including phenoxy) is 12. The van der Waals surface area contributed by atoms with Crippen molar-refractivity contribution in [3.8, 4) is 0 Å². The Balaban J connectivity index is 0.919. The standard InChI is InChI=1S/C56H90O32/c1-19-12-55-10-6-26-53(3,27(55)7-11-56(19,18-55)88-51-45(86-46-38(72)34(68)28(62)20(2)77-46)43(33(67)25(17-61)82-51)84-48-40(74)36(70)30(64)22(14-58)79-48)8-5-9-54(26,4)52(76)87-50-44(85-49-41(75)37(71)31(65)23(15-59)80-49)42(32(66)24(16-60)81-50)83-47-39(73)35(69)29(63)21(13-57)78-47/h20-51,57-75H,1,5-18H2,2-4H3/t20?,21?,22?,23?,24?,25?,26-,27-,28?,29?,30?,31?,32?,33?,34?,35?,36?,37?,38?,39?,40?,41?,42?,43?,44?,45?,46?,47?,48?,49?,50?,51?,53+,54+,55+,56?/m0/s1. The zero-order valence-corrected chi connectivity index (χ0v) is 48.9. The average molecular weight is 1280 g/mol. The van der Waals surface area contributed by atoms with Crippen molar-refractivity contribution in [3.63, 3.8) is 0 Å². The first-order valence-electron chi connectivity index (χ1n) is 30.3. The highest BCUT2D eigenvalue weighted by molar-refractivity contribution is 5.77. The molecule has 0 aromatic heterocycles. The minimum absolute atomic E-state index is 0.130. The van der Waals surface area contributed by atoms with Crippen molar-refractivity contribution in [2.24, 2.45) is 28.1 Å². The quantitative estimate of drug-likeness (QED) is 0.0365. The van der Waals surface area contributed by atoms with Crippen molar-refractivity contribution >= 4 is 5.97 Å². The van der Waals surface area contributed by atoms with E-state index in [1.54, 1.807) is 6.92 Å². The van der Waals surface area contributed by atoms with Crippen molar-refractivity contribution in [2.75, 3.05) is 33.0 Å². The Morgan fingerprint density at radius 1 is 0.455 bits per heavy atom. The molecule has 10 aliphatic rings. The van der Waals surface area contributed by atoms with Crippen LogP contribution in [-0.2, 0) is 61.6 Å². The molecule has 32 nitrogen and oxygen atoms in total. The van der Waals surface area contributed by atoms with Crippen LogP contribution in [0.1, 0.15) is 78.6 Å². The van der Waals surface area contributed by atoms with E-state index >= 15 is 4.79 Å². The number of fused-ring (bicyclic) bond motifs is 3. The number of aliphatic hydroxyl groups is 19. The molecule has 36 atom stereocenters. The summed E-state index contributed by atoms with van der Waals surface area (Å²) in [6.07, 6.45) is -50.1. The smallest absolute Gasteiger partial charge is 0.314 e. The summed E-state index contributed by atoms with van der Waals surface area (Å²) in [5.74, 6) is -1.38. The molecule has 4 aliphatic carbocycles. The van der Waals surface area contributed by atoms with E-state index in [0.717, 1.165) is 0 Å².